The van der Waals surface area contributed by atoms with E-state index in [0.29, 0.717) is 17.9 Å². The third kappa shape index (κ3) is 5.66. The van der Waals surface area contributed by atoms with Gasteiger partial charge in [-0.25, -0.2) is 4.39 Å². The van der Waals surface area contributed by atoms with E-state index in [1.807, 2.05) is 0 Å². The number of rotatable bonds is 6. The van der Waals surface area contributed by atoms with Gasteiger partial charge in [-0.15, -0.1) is 0 Å². The van der Waals surface area contributed by atoms with Gasteiger partial charge in [0.15, 0.2) is 6.61 Å². The number of esters is 1. The van der Waals surface area contributed by atoms with Crippen molar-refractivity contribution in [2.24, 2.45) is 5.92 Å². The number of carbonyl (C=O) groups excluding carboxylic acids is 2. The van der Waals surface area contributed by atoms with Crippen molar-refractivity contribution in [2.75, 3.05) is 13.7 Å². The molecule has 1 aromatic carbocycles. The lowest BCUT2D eigenvalue weighted by Crippen LogP contribution is -2.31. The molecule has 0 bridgehead atoms. The zero-order valence-corrected chi connectivity index (χ0v) is 13.6. The van der Waals surface area contributed by atoms with Crippen LogP contribution in [-0.4, -0.2) is 30.4 Å². The molecule has 23 heavy (non-hydrogen) atoms. The minimum atomic E-state index is -0.346. The van der Waals surface area contributed by atoms with Gasteiger partial charge in [0.05, 0.1) is 0 Å². The monoisotopic (exact) mass is 321 g/mol. The summed E-state index contributed by atoms with van der Waals surface area (Å²) in [4.78, 5) is 25.1. The molecular formula is C18H24FNO3. The summed E-state index contributed by atoms with van der Waals surface area (Å²) >= 11 is 0. The highest BCUT2D eigenvalue weighted by Crippen LogP contribution is 2.26. The molecule has 1 aliphatic rings. The Bertz CT molecular complexity index is 541. The molecule has 0 unspecified atom stereocenters. The molecule has 1 aromatic rings. The Morgan fingerprint density at radius 2 is 1.91 bits per heavy atom. The first-order valence-corrected chi connectivity index (χ1v) is 8.19. The molecular weight excluding hydrogens is 297 g/mol. The number of hydrogen-bond acceptors (Lipinski definition) is 3. The third-order valence-corrected chi connectivity index (χ3v) is 4.33. The first-order chi connectivity index (χ1) is 11.1. The van der Waals surface area contributed by atoms with Gasteiger partial charge < -0.3 is 9.64 Å². The Balaban J connectivity index is 1.73. The van der Waals surface area contributed by atoms with Crippen LogP contribution in [0.4, 0.5) is 4.39 Å². The number of hydrogen-bond donors (Lipinski definition) is 0. The van der Waals surface area contributed by atoms with E-state index in [-0.39, 0.29) is 30.8 Å². The molecule has 5 heteroatoms. The zero-order valence-electron chi connectivity index (χ0n) is 13.6. The van der Waals surface area contributed by atoms with E-state index in [2.05, 4.69) is 0 Å². The first-order valence-electron chi connectivity index (χ1n) is 8.19. The van der Waals surface area contributed by atoms with Crippen molar-refractivity contribution < 1.29 is 18.7 Å². The lowest BCUT2D eigenvalue weighted by atomic mass is 9.87. The molecule has 0 saturated heterocycles. The number of halogens is 1. The summed E-state index contributed by atoms with van der Waals surface area (Å²) in [7, 11) is 1.57. The Hall–Kier alpha value is -1.91. The van der Waals surface area contributed by atoms with Crippen LogP contribution >= 0.6 is 0 Å². The van der Waals surface area contributed by atoms with Gasteiger partial charge in [-0.1, -0.05) is 37.5 Å². The highest BCUT2D eigenvalue weighted by Gasteiger charge is 2.19. The Morgan fingerprint density at radius 3 is 2.61 bits per heavy atom. The number of nitrogens with zero attached hydrogens (tertiary/aromatic N) is 1. The summed E-state index contributed by atoms with van der Waals surface area (Å²) in [6, 6.07) is 6.32. The highest BCUT2D eigenvalue weighted by atomic mass is 19.1. The molecule has 0 aromatic heterocycles. The summed E-state index contributed by atoms with van der Waals surface area (Å²) in [6.45, 7) is -0.123. The van der Waals surface area contributed by atoms with Gasteiger partial charge in [-0.3, -0.25) is 9.59 Å². The quantitative estimate of drug-likeness (QED) is 0.755. The van der Waals surface area contributed by atoms with Gasteiger partial charge in [0, 0.05) is 25.6 Å². The molecule has 1 saturated carbocycles. The second-order valence-electron chi connectivity index (χ2n) is 6.21. The number of amides is 1. The molecule has 2 rings (SSSR count). The predicted octanol–water partition coefficient (Wildman–Crippen LogP) is 3.30. The molecule has 126 valence electrons. The van der Waals surface area contributed by atoms with E-state index in [0.717, 1.165) is 12.8 Å². The summed E-state index contributed by atoms with van der Waals surface area (Å²) in [5.74, 6) is -0.598. The Labute approximate surface area is 136 Å². The topological polar surface area (TPSA) is 46.6 Å². The van der Waals surface area contributed by atoms with E-state index in [1.165, 1.54) is 30.2 Å². The SMILES string of the molecule is CN(Cc1ccccc1F)C(=O)COC(=O)CC1CCCCC1. The number of ether oxygens (including phenoxy) is 1. The zero-order chi connectivity index (χ0) is 16.7. The standard InChI is InChI=1S/C18H24FNO3/c1-20(12-15-9-5-6-10-16(15)19)17(21)13-23-18(22)11-14-7-3-2-4-8-14/h5-6,9-10,14H,2-4,7-8,11-13H2,1H3. The largest absolute Gasteiger partial charge is 0.456 e. The summed E-state index contributed by atoms with van der Waals surface area (Å²) < 4.78 is 18.6. The number of likely N-dealkylation sites (N-methyl/N-ethyl adjacent to an activating group) is 1. The molecule has 0 aliphatic heterocycles. The summed E-state index contributed by atoms with van der Waals surface area (Å²) in [5.41, 5.74) is 0.442. The van der Waals surface area contributed by atoms with Gasteiger partial charge in [-0.2, -0.15) is 0 Å². The average molecular weight is 321 g/mol. The van der Waals surface area contributed by atoms with Crippen LogP contribution in [0.2, 0.25) is 0 Å². The van der Waals surface area contributed by atoms with Crippen LogP contribution in [0, 0.1) is 11.7 Å². The number of benzene rings is 1. The molecule has 0 heterocycles. The second-order valence-corrected chi connectivity index (χ2v) is 6.21. The predicted molar refractivity (Wildman–Crippen MR) is 85.0 cm³/mol. The maximum atomic E-state index is 13.6. The fourth-order valence-corrected chi connectivity index (χ4v) is 2.91. The van der Waals surface area contributed by atoms with E-state index in [4.69, 9.17) is 4.74 Å². The van der Waals surface area contributed by atoms with E-state index >= 15 is 0 Å². The fraction of sp³-hybridized carbons (Fsp3) is 0.556. The molecule has 0 atom stereocenters. The van der Waals surface area contributed by atoms with Crippen LogP contribution in [0.3, 0.4) is 0 Å². The molecule has 1 amide bonds. The van der Waals surface area contributed by atoms with Crippen molar-refractivity contribution in [2.45, 2.75) is 45.1 Å². The Kier molecular flexibility index (Phi) is 6.56. The molecule has 1 aliphatic carbocycles. The van der Waals surface area contributed by atoms with Crippen molar-refractivity contribution in [3.63, 3.8) is 0 Å². The van der Waals surface area contributed by atoms with Crippen molar-refractivity contribution in [3.8, 4) is 0 Å². The van der Waals surface area contributed by atoms with Crippen LogP contribution < -0.4 is 0 Å². The number of carbonyl (C=O) groups is 2. The lowest BCUT2D eigenvalue weighted by molar-refractivity contribution is -0.152. The maximum Gasteiger partial charge on any atom is 0.306 e. The van der Waals surface area contributed by atoms with Crippen LogP contribution in [0.5, 0.6) is 0 Å². The van der Waals surface area contributed by atoms with Gasteiger partial charge >= 0.3 is 5.97 Å². The van der Waals surface area contributed by atoms with E-state index in [1.54, 1.807) is 25.2 Å². The molecule has 0 radical (unpaired) electrons. The second kappa shape index (κ2) is 8.65. The highest BCUT2D eigenvalue weighted by molar-refractivity contribution is 5.80. The van der Waals surface area contributed by atoms with Gasteiger partial charge in [0.25, 0.3) is 5.91 Å². The van der Waals surface area contributed by atoms with Crippen LogP contribution in [0.1, 0.15) is 44.1 Å². The van der Waals surface area contributed by atoms with Crippen LogP contribution in [0.25, 0.3) is 0 Å². The average Bonchev–Trinajstić information content (AvgIpc) is 2.55. The van der Waals surface area contributed by atoms with Gasteiger partial charge in [-0.05, 0) is 24.8 Å². The summed E-state index contributed by atoms with van der Waals surface area (Å²) in [6.07, 6.45) is 6.10. The minimum Gasteiger partial charge on any atom is -0.456 e. The van der Waals surface area contributed by atoms with Crippen molar-refractivity contribution in [1.29, 1.82) is 0 Å². The van der Waals surface area contributed by atoms with E-state index in [9.17, 15) is 14.0 Å². The normalized spacial score (nSPS) is 15.2. The Morgan fingerprint density at radius 1 is 1.22 bits per heavy atom. The van der Waals surface area contributed by atoms with Gasteiger partial charge in [0.1, 0.15) is 5.82 Å². The van der Waals surface area contributed by atoms with Gasteiger partial charge in [0.2, 0.25) is 0 Å². The molecule has 0 spiro atoms. The minimum absolute atomic E-state index is 0.158. The van der Waals surface area contributed by atoms with Crippen molar-refractivity contribution in [1.82, 2.24) is 4.90 Å². The molecule has 0 N–H and O–H groups in total. The van der Waals surface area contributed by atoms with Crippen molar-refractivity contribution in [3.05, 3.63) is 35.6 Å². The molecule has 1 fully saturated rings. The smallest absolute Gasteiger partial charge is 0.306 e. The first kappa shape index (κ1) is 17.4. The molecule has 4 nitrogen and oxygen atoms in total. The maximum absolute atomic E-state index is 13.6. The summed E-state index contributed by atoms with van der Waals surface area (Å²) in [5, 5.41) is 0. The lowest BCUT2D eigenvalue weighted by Gasteiger charge is -2.21. The third-order valence-electron chi connectivity index (χ3n) is 4.33. The van der Waals surface area contributed by atoms with E-state index < -0.39 is 0 Å². The van der Waals surface area contributed by atoms with Crippen LogP contribution in [-0.2, 0) is 20.9 Å². The van der Waals surface area contributed by atoms with Crippen molar-refractivity contribution >= 4 is 11.9 Å². The van der Waals surface area contributed by atoms with Crippen LogP contribution in [0.15, 0.2) is 24.3 Å². The fourth-order valence-electron chi connectivity index (χ4n) is 2.91.